The van der Waals surface area contributed by atoms with Crippen molar-refractivity contribution in [3.05, 3.63) is 82.7 Å². The Hall–Kier alpha value is -3.06. The lowest BCUT2D eigenvalue weighted by molar-refractivity contribution is 0.0827. The molecule has 1 heterocycles. The lowest BCUT2D eigenvalue weighted by atomic mass is 10.0. The number of hydrogen-bond donors (Lipinski definition) is 1. The van der Waals surface area contributed by atoms with E-state index in [2.05, 4.69) is 15.0 Å². The molecule has 7 heteroatoms. The first-order valence-corrected chi connectivity index (χ1v) is 10.6. The average molecular weight is 436 g/mol. The minimum absolute atomic E-state index is 0.0121. The maximum atomic E-state index is 12.2. The summed E-state index contributed by atoms with van der Waals surface area (Å²) in [5, 5.41) is 6.12. The smallest absolute Gasteiger partial charge is 0.253 e. The van der Waals surface area contributed by atoms with Crippen LogP contribution in [0.1, 0.15) is 34.5 Å². The summed E-state index contributed by atoms with van der Waals surface area (Å²) < 4.78 is 0. The third kappa shape index (κ3) is 5.17. The van der Waals surface area contributed by atoms with Gasteiger partial charge in [-0.3, -0.25) is 14.8 Å². The van der Waals surface area contributed by atoms with Crippen LogP contribution in [0.2, 0.25) is 0 Å². The van der Waals surface area contributed by atoms with Gasteiger partial charge in [0.15, 0.2) is 0 Å². The van der Waals surface area contributed by atoms with Gasteiger partial charge in [-0.2, -0.15) is 5.10 Å². The van der Waals surface area contributed by atoms with Crippen molar-refractivity contribution in [3.63, 3.8) is 0 Å². The monoisotopic (exact) mass is 435 g/mol. The standard InChI is InChI=1S/C24H29N5OS/c1-17-22(24(31)29(5)26-15-18-9-7-6-8-10-18)28(4)21(16-25-17)19-11-13-20(14-12-19)23(30)27(2)3/h6-16,21,24,31H,1-5H3/b26-15+. The minimum Gasteiger partial charge on any atom is -0.362 e. The van der Waals surface area contributed by atoms with E-state index >= 15 is 0 Å². The van der Waals surface area contributed by atoms with Crippen molar-refractivity contribution in [1.29, 1.82) is 0 Å². The summed E-state index contributed by atoms with van der Waals surface area (Å²) in [7, 11) is 7.44. The number of carbonyl (C=O) groups excluding carboxylic acids is 1. The zero-order chi connectivity index (χ0) is 22.5. The number of benzene rings is 2. The van der Waals surface area contributed by atoms with Crippen molar-refractivity contribution in [2.45, 2.75) is 18.3 Å². The summed E-state index contributed by atoms with van der Waals surface area (Å²) >= 11 is 4.84. The van der Waals surface area contributed by atoms with Crippen LogP contribution in [0.4, 0.5) is 0 Å². The number of allylic oxidation sites excluding steroid dienone is 1. The maximum Gasteiger partial charge on any atom is 0.253 e. The Bertz CT molecular complexity index is 998. The van der Waals surface area contributed by atoms with E-state index < -0.39 is 0 Å². The summed E-state index contributed by atoms with van der Waals surface area (Å²) in [6.07, 6.45) is 3.75. The number of hydrazone groups is 1. The molecule has 0 saturated carbocycles. The van der Waals surface area contributed by atoms with Crippen LogP contribution in [-0.2, 0) is 0 Å². The van der Waals surface area contributed by atoms with Gasteiger partial charge in [0, 0.05) is 40.0 Å². The lowest BCUT2D eigenvalue weighted by Crippen LogP contribution is -2.38. The molecular weight excluding hydrogens is 406 g/mol. The molecule has 0 aromatic heterocycles. The Labute approximate surface area is 190 Å². The van der Waals surface area contributed by atoms with Crippen molar-refractivity contribution in [1.82, 2.24) is 14.8 Å². The van der Waals surface area contributed by atoms with Gasteiger partial charge in [-0.15, -0.1) is 12.6 Å². The van der Waals surface area contributed by atoms with Gasteiger partial charge in [0.1, 0.15) is 5.37 Å². The highest BCUT2D eigenvalue weighted by atomic mass is 32.1. The molecule has 0 N–H and O–H groups in total. The quantitative estimate of drug-likeness (QED) is 0.324. The van der Waals surface area contributed by atoms with E-state index in [1.54, 1.807) is 19.0 Å². The molecule has 0 aliphatic carbocycles. The molecule has 2 aromatic rings. The fourth-order valence-electron chi connectivity index (χ4n) is 3.45. The number of thiol groups is 1. The molecule has 2 aromatic carbocycles. The Balaban J connectivity index is 1.78. The highest BCUT2D eigenvalue weighted by Crippen LogP contribution is 2.32. The van der Waals surface area contributed by atoms with Crippen LogP contribution >= 0.6 is 12.6 Å². The molecule has 2 unspecified atom stereocenters. The van der Waals surface area contributed by atoms with Gasteiger partial charge in [-0.25, -0.2) is 0 Å². The largest absolute Gasteiger partial charge is 0.362 e. The molecule has 6 nitrogen and oxygen atoms in total. The third-order valence-corrected chi connectivity index (χ3v) is 5.85. The molecule has 1 aliphatic heterocycles. The third-order valence-electron chi connectivity index (χ3n) is 5.27. The van der Waals surface area contributed by atoms with Crippen molar-refractivity contribution in [2.24, 2.45) is 10.1 Å². The van der Waals surface area contributed by atoms with Crippen LogP contribution in [0.15, 0.2) is 76.1 Å². The molecule has 0 fully saturated rings. The zero-order valence-corrected chi connectivity index (χ0v) is 19.5. The topological polar surface area (TPSA) is 51.5 Å². The fourth-order valence-corrected chi connectivity index (χ4v) is 3.88. The second-order valence-corrected chi connectivity index (χ2v) is 8.22. The van der Waals surface area contributed by atoms with Crippen molar-refractivity contribution in [3.8, 4) is 0 Å². The number of amides is 1. The summed E-state index contributed by atoms with van der Waals surface area (Å²) in [6, 6.07) is 17.6. The molecule has 1 amide bonds. The minimum atomic E-state index is -0.264. The van der Waals surface area contributed by atoms with Crippen LogP contribution < -0.4 is 0 Å². The van der Waals surface area contributed by atoms with Gasteiger partial charge in [0.05, 0.1) is 23.7 Å². The van der Waals surface area contributed by atoms with E-state index in [1.807, 2.05) is 93.1 Å². The van der Waals surface area contributed by atoms with Crippen LogP contribution in [-0.4, -0.2) is 66.7 Å². The highest BCUT2D eigenvalue weighted by molar-refractivity contribution is 7.81. The first-order valence-electron chi connectivity index (χ1n) is 10.1. The maximum absolute atomic E-state index is 12.2. The molecule has 2 atom stereocenters. The van der Waals surface area contributed by atoms with Gasteiger partial charge >= 0.3 is 0 Å². The van der Waals surface area contributed by atoms with E-state index in [4.69, 9.17) is 12.6 Å². The number of aliphatic imine (C=N–C) groups is 1. The van der Waals surface area contributed by atoms with E-state index in [9.17, 15) is 4.79 Å². The number of nitrogens with zero attached hydrogens (tertiary/aromatic N) is 5. The van der Waals surface area contributed by atoms with E-state index in [1.165, 1.54) is 0 Å². The molecule has 0 radical (unpaired) electrons. The predicted octanol–water partition coefficient (Wildman–Crippen LogP) is 3.90. The van der Waals surface area contributed by atoms with Gasteiger partial charge in [0.2, 0.25) is 0 Å². The molecule has 1 aliphatic rings. The number of rotatable bonds is 6. The molecule has 162 valence electrons. The Morgan fingerprint density at radius 2 is 1.77 bits per heavy atom. The Morgan fingerprint density at radius 1 is 1.13 bits per heavy atom. The van der Waals surface area contributed by atoms with Crippen molar-refractivity contribution >= 4 is 31.0 Å². The molecule has 0 spiro atoms. The van der Waals surface area contributed by atoms with Crippen molar-refractivity contribution in [2.75, 3.05) is 28.2 Å². The zero-order valence-electron chi connectivity index (χ0n) is 18.6. The van der Waals surface area contributed by atoms with Crippen LogP contribution in [0, 0.1) is 0 Å². The first kappa shape index (κ1) is 22.6. The Morgan fingerprint density at radius 3 is 2.39 bits per heavy atom. The highest BCUT2D eigenvalue weighted by Gasteiger charge is 2.28. The SMILES string of the molecule is CC1=C(C(S)N(C)/N=C/c2ccccc2)N(C)C(c2ccc(C(=O)N(C)C)cc2)C=N1. The Kier molecular flexibility index (Phi) is 7.17. The van der Waals surface area contributed by atoms with Gasteiger partial charge < -0.3 is 9.80 Å². The van der Waals surface area contributed by atoms with Crippen LogP contribution in [0.3, 0.4) is 0 Å². The van der Waals surface area contributed by atoms with E-state index in [0.29, 0.717) is 5.56 Å². The van der Waals surface area contributed by atoms with Crippen LogP contribution in [0.5, 0.6) is 0 Å². The molecule has 31 heavy (non-hydrogen) atoms. The fraction of sp³-hybridized carbons (Fsp3) is 0.292. The number of likely N-dealkylation sites (N-methyl/N-ethyl adjacent to an activating group) is 2. The van der Waals surface area contributed by atoms with Gasteiger partial charge in [-0.05, 0) is 30.2 Å². The molecule has 0 saturated heterocycles. The summed E-state index contributed by atoms with van der Waals surface area (Å²) in [6.45, 7) is 1.98. The predicted molar refractivity (Wildman–Crippen MR) is 131 cm³/mol. The number of hydrogen-bond acceptors (Lipinski definition) is 6. The molecule has 0 bridgehead atoms. The van der Waals surface area contributed by atoms with Gasteiger partial charge in [-0.1, -0.05) is 42.5 Å². The summed E-state index contributed by atoms with van der Waals surface area (Å²) in [5.41, 5.74) is 4.64. The number of carbonyl (C=O) groups is 1. The lowest BCUT2D eigenvalue weighted by Gasteiger charge is -2.38. The molecule has 3 rings (SSSR count). The summed E-state index contributed by atoms with van der Waals surface area (Å²) in [5.74, 6) is -0.0121. The second-order valence-electron chi connectivity index (χ2n) is 7.73. The van der Waals surface area contributed by atoms with Crippen molar-refractivity contribution < 1.29 is 4.79 Å². The first-order chi connectivity index (χ1) is 14.8. The summed E-state index contributed by atoms with van der Waals surface area (Å²) in [4.78, 5) is 20.5. The average Bonchev–Trinajstić information content (AvgIpc) is 2.77. The second kappa shape index (κ2) is 9.83. The molecular formula is C24H29N5OS. The van der Waals surface area contributed by atoms with E-state index in [-0.39, 0.29) is 17.3 Å². The van der Waals surface area contributed by atoms with Gasteiger partial charge in [0.25, 0.3) is 5.91 Å². The van der Waals surface area contributed by atoms with E-state index in [0.717, 1.165) is 22.5 Å². The normalized spacial score (nSPS) is 17.2. The van der Waals surface area contributed by atoms with Crippen LogP contribution in [0.25, 0.3) is 0 Å².